The highest BCUT2D eigenvalue weighted by atomic mass is 28.1. The topological polar surface area (TPSA) is 0 Å². The van der Waals surface area contributed by atoms with Crippen molar-refractivity contribution < 1.29 is 0 Å². The summed E-state index contributed by atoms with van der Waals surface area (Å²) in [4.78, 5) is 0. The van der Waals surface area contributed by atoms with E-state index >= 15 is 0 Å². The second kappa shape index (κ2) is 4.12. The SMILES string of the molecule is [CH]=C([SiH3])CCCC. The molecule has 0 atom stereocenters. The molecule has 7 heavy (non-hydrogen) atoms. The third-order valence-electron chi connectivity index (χ3n) is 0.925. The highest BCUT2D eigenvalue weighted by Gasteiger charge is 1.81. The van der Waals surface area contributed by atoms with Crippen molar-refractivity contribution in [1.82, 2.24) is 0 Å². The largest absolute Gasteiger partial charge is 0.0918 e. The Kier molecular flexibility index (Phi) is 4.10. The molecule has 0 aliphatic heterocycles. The Labute approximate surface area is 49.0 Å². The normalized spacial score (nSPS) is 9.29. The first-order chi connectivity index (χ1) is 3.27. The summed E-state index contributed by atoms with van der Waals surface area (Å²) in [5.74, 6) is 0. The lowest BCUT2D eigenvalue weighted by molar-refractivity contribution is 0.807. The van der Waals surface area contributed by atoms with Crippen molar-refractivity contribution in [2.75, 3.05) is 0 Å². The summed E-state index contributed by atoms with van der Waals surface area (Å²) in [6.07, 6.45) is 3.70. The summed E-state index contributed by atoms with van der Waals surface area (Å²) in [6, 6.07) is 0. The van der Waals surface area contributed by atoms with Gasteiger partial charge in [0.2, 0.25) is 0 Å². The van der Waals surface area contributed by atoms with Crippen LogP contribution in [0, 0.1) is 6.58 Å². The summed E-state index contributed by atoms with van der Waals surface area (Å²) in [5.41, 5.74) is 0. The van der Waals surface area contributed by atoms with Crippen LogP contribution < -0.4 is 0 Å². The molecule has 0 saturated carbocycles. The molecule has 0 heterocycles. The van der Waals surface area contributed by atoms with E-state index in [1.165, 1.54) is 18.0 Å². The first-order valence-corrected chi connectivity index (χ1v) is 3.85. The van der Waals surface area contributed by atoms with Gasteiger partial charge in [0.1, 0.15) is 0 Å². The molecular weight excluding hydrogens is 100 g/mol. The van der Waals surface area contributed by atoms with Crippen LogP contribution in [0.1, 0.15) is 26.2 Å². The Morgan fingerprint density at radius 2 is 2.29 bits per heavy atom. The van der Waals surface area contributed by atoms with E-state index in [0.29, 0.717) is 0 Å². The molecule has 0 spiro atoms. The Bertz CT molecular complexity index is 57.2. The molecule has 0 aromatic carbocycles. The van der Waals surface area contributed by atoms with Gasteiger partial charge in [-0.25, -0.2) is 0 Å². The van der Waals surface area contributed by atoms with Crippen LogP contribution in [0.4, 0.5) is 0 Å². The molecule has 0 unspecified atom stereocenters. The molecule has 1 heteroatoms. The molecule has 0 saturated heterocycles. The number of rotatable bonds is 3. The third kappa shape index (κ3) is 5.96. The van der Waals surface area contributed by atoms with Crippen molar-refractivity contribution in [2.24, 2.45) is 0 Å². The van der Waals surface area contributed by atoms with E-state index in [-0.39, 0.29) is 0 Å². The van der Waals surface area contributed by atoms with Crippen LogP contribution in [0.2, 0.25) is 0 Å². The molecule has 0 nitrogen and oxygen atoms in total. The van der Waals surface area contributed by atoms with Gasteiger partial charge in [0.15, 0.2) is 0 Å². The van der Waals surface area contributed by atoms with Crippen molar-refractivity contribution >= 4 is 10.2 Å². The standard InChI is InChI=1S/C6H13Si/c1-3-4-5-6(2)7/h2H,3-5H2,1,7H3. The molecule has 0 N–H and O–H groups in total. The van der Waals surface area contributed by atoms with Crippen LogP contribution >= 0.6 is 0 Å². The fourth-order valence-corrected chi connectivity index (χ4v) is 0.809. The molecule has 0 aliphatic carbocycles. The first kappa shape index (κ1) is 6.96. The summed E-state index contributed by atoms with van der Waals surface area (Å²) in [7, 11) is 1.08. The molecular formula is C6H13Si. The second-order valence-electron chi connectivity index (χ2n) is 1.95. The number of hydrogen-bond donors (Lipinski definition) is 0. The van der Waals surface area contributed by atoms with Gasteiger partial charge in [-0.1, -0.05) is 31.5 Å². The Hall–Kier alpha value is -0.0431. The van der Waals surface area contributed by atoms with E-state index in [0.717, 1.165) is 16.7 Å². The van der Waals surface area contributed by atoms with Crippen LogP contribution in [-0.2, 0) is 0 Å². The van der Waals surface area contributed by atoms with Crippen molar-refractivity contribution in [1.29, 1.82) is 0 Å². The number of allylic oxidation sites excluding steroid dienone is 1. The minimum absolute atomic E-state index is 1.08. The summed E-state index contributed by atoms with van der Waals surface area (Å²) < 4.78 is 0. The van der Waals surface area contributed by atoms with Gasteiger partial charge in [-0.2, -0.15) is 0 Å². The minimum Gasteiger partial charge on any atom is -0.0918 e. The van der Waals surface area contributed by atoms with Gasteiger partial charge in [-0.15, -0.1) is 0 Å². The molecule has 0 aromatic rings. The van der Waals surface area contributed by atoms with E-state index in [2.05, 4.69) is 6.92 Å². The molecule has 0 fully saturated rings. The maximum Gasteiger partial charge on any atom is 0.0333 e. The van der Waals surface area contributed by atoms with Crippen molar-refractivity contribution in [2.45, 2.75) is 26.2 Å². The molecule has 0 aromatic heterocycles. The van der Waals surface area contributed by atoms with E-state index in [9.17, 15) is 0 Å². The van der Waals surface area contributed by atoms with Gasteiger partial charge in [-0.3, -0.25) is 0 Å². The minimum atomic E-state index is 1.08. The number of unbranched alkanes of at least 4 members (excludes halogenated alkanes) is 1. The lowest BCUT2D eigenvalue weighted by Crippen LogP contribution is -1.77. The fourth-order valence-electron chi connectivity index (χ4n) is 0.456. The smallest absolute Gasteiger partial charge is 0.0333 e. The van der Waals surface area contributed by atoms with E-state index in [4.69, 9.17) is 6.58 Å². The van der Waals surface area contributed by atoms with Crippen LogP contribution in [0.25, 0.3) is 0 Å². The van der Waals surface area contributed by atoms with Crippen LogP contribution in [0.15, 0.2) is 5.20 Å². The summed E-state index contributed by atoms with van der Waals surface area (Å²) in [6.45, 7) is 7.64. The van der Waals surface area contributed by atoms with Crippen LogP contribution in [0.3, 0.4) is 0 Å². The zero-order chi connectivity index (χ0) is 5.70. The Morgan fingerprint density at radius 1 is 1.71 bits per heavy atom. The lowest BCUT2D eigenvalue weighted by atomic mass is 10.2. The van der Waals surface area contributed by atoms with Crippen molar-refractivity contribution in [3.05, 3.63) is 11.8 Å². The Morgan fingerprint density at radius 3 is 2.43 bits per heavy atom. The van der Waals surface area contributed by atoms with E-state index < -0.39 is 0 Å². The average molecular weight is 113 g/mol. The zero-order valence-corrected chi connectivity index (χ0v) is 7.20. The van der Waals surface area contributed by atoms with Crippen molar-refractivity contribution in [3.63, 3.8) is 0 Å². The number of hydrogen-bond acceptors (Lipinski definition) is 0. The highest BCUT2D eigenvalue weighted by Crippen LogP contribution is 1.98. The Balaban J connectivity index is 2.82. The molecule has 41 valence electrons. The average Bonchev–Trinajstić information content (AvgIpc) is 1.61. The molecule has 0 aliphatic rings. The predicted molar refractivity (Wildman–Crippen MR) is 37.3 cm³/mol. The van der Waals surface area contributed by atoms with Gasteiger partial charge in [0.25, 0.3) is 0 Å². The van der Waals surface area contributed by atoms with Crippen molar-refractivity contribution in [3.8, 4) is 0 Å². The van der Waals surface area contributed by atoms with Crippen LogP contribution in [-0.4, -0.2) is 10.2 Å². The molecule has 1 radical (unpaired) electrons. The van der Waals surface area contributed by atoms with E-state index in [1.807, 2.05) is 0 Å². The van der Waals surface area contributed by atoms with Gasteiger partial charge in [-0.05, 0) is 6.42 Å². The quantitative estimate of drug-likeness (QED) is 0.476. The fraction of sp³-hybridized carbons (Fsp3) is 0.667. The second-order valence-corrected chi connectivity index (χ2v) is 3.23. The van der Waals surface area contributed by atoms with Gasteiger partial charge < -0.3 is 0 Å². The predicted octanol–water partition coefficient (Wildman–Crippen LogP) is 0.859. The lowest BCUT2D eigenvalue weighted by Gasteiger charge is -1.91. The summed E-state index contributed by atoms with van der Waals surface area (Å²) in [5, 5.41) is 1.20. The van der Waals surface area contributed by atoms with Crippen LogP contribution in [0.5, 0.6) is 0 Å². The summed E-state index contributed by atoms with van der Waals surface area (Å²) >= 11 is 0. The zero-order valence-electron chi connectivity index (χ0n) is 5.20. The van der Waals surface area contributed by atoms with Gasteiger partial charge in [0, 0.05) is 10.2 Å². The molecule has 0 rings (SSSR count). The third-order valence-corrected chi connectivity index (χ3v) is 1.42. The maximum absolute atomic E-state index is 5.46. The highest BCUT2D eigenvalue weighted by molar-refractivity contribution is 6.20. The molecule has 0 amide bonds. The van der Waals surface area contributed by atoms with Gasteiger partial charge >= 0.3 is 0 Å². The monoisotopic (exact) mass is 113 g/mol. The maximum atomic E-state index is 5.46. The van der Waals surface area contributed by atoms with E-state index in [1.54, 1.807) is 0 Å². The van der Waals surface area contributed by atoms with Gasteiger partial charge in [0.05, 0.1) is 0 Å². The molecule has 0 bridgehead atoms. The first-order valence-electron chi connectivity index (χ1n) is 2.85.